The van der Waals surface area contributed by atoms with Crippen LogP contribution in [0.3, 0.4) is 0 Å². The summed E-state index contributed by atoms with van der Waals surface area (Å²) in [5.41, 5.74) is 2.22. The van der Waals surface area contributed by atoms with Gasteiger partial charge < -0.3 is 15.4 Å². The molecule has 1 fully saturated rings. The van der Waals surface area contributed by atoms with Crippen LogP contribution in [0.5, 0.6) is 0 Å². The van der Waals surface area contributed by atoms with Gasteiger partial charge in [0, 0.05) is 19.7 Å². The zero-order valence-corrected chi connectivity index (χ0v) is 17.3. The van der Waals surface area contributed by atoms with Crippen LogP contribution in [0.1, 0.15) is 24.5 Å². The Hall–Kier alpha value is -0.870. The molecule has 1 aliphatic rings. The molecule has 136 valence electrons. The van der Waals surface area contributed by atoms with Crippen molar-refractivity contribution in [2.24, 2.45) is 4.99 Å². The molecule has 0 aromatic heterocycles. The van der Waals surface area contributed by atoms with Gasteiger partial charge in [-0.15, -0.1) is 24.0 Å². The van der Waals surface area contributed by atoms with E-state index < -0.39 is 9.84 Å². The highest BCUT2D eigenvalue weighted by atomic mass is 127. The van der Waals surface area contributed by atoms with Crippen molar-refractivity contribution >= 4 is 39.8 Å². The second-order valence-electron chi connectivity index (χ2n) is 5.69. The Morgan fingerprint density at radius 2 is 1.96 bits per heavy atom. The van der Waals surface area contributed by atoms with Gasteiger partial charge in [-0.25, -0.2) is 13.4 Å². The van der Waals surface area contributed by atoms with Crippen molar-refractivity contribution in [1.82, 2.24) is 10.6 Å². The van der Waals surface area contributed by atoms with E-state index in [1.54, 1.807) is 7.11 Å². The normalized spacial score (nSPS) is 19.6. The summed E-state index contributed by atoms with van der Waals surface area (Å²) in [6, 6.07) is 8.06. The minimum atomic E-state index is -2.89. The zero-order chi connectivity index (χ0) is 16.7. The third-order valence-electron chi connectivity index (χ3n) is 3.67. The lowest BCUT2D eigenvalue weighted by molar-refractivity contribution is 0.185. The fraction of sp³-hybridized carbons (Fsp3) is 0.562. The summed E-state index contributed by atoms with van der Waals surface area (Å²) < 4.78 is 28.2. The maximum Gasteiger partial charge on any atom is 0.191 e. The number of benzene rings is 1. The molecule has 0 bridgehead atoms. The number of guanidine groups is 1. The third-order valence-corrected chi connectivity index (χ3v) is 5.44. The first-order chi connectivity index (χ1) is 11.0. The van der Waals surface area contributed by atoms with E-state index in [-0.39, 0.29) is 41.5 Å². The lowest BCUT2D eigenvalue weighted by atomic mass is 10.1. The summed E-state index contributed by atoms with van der Waals surface area (Å²) in [5, 5.41) is 6.38. The van der Waals surface area contributed by atoms with E-state index in [1.807, 2.05) is 31.2 Å². The van der Waals surface area contributed by atoms with E-state index in [0.29, 0.717) is 25.5 Å². The maximum absolute atomic E-state index is 11.5. The van der Waals surface area contributed by atoms with Gasteiger partial charge in [0.2, 0.25) is 0 Å². The predicted molar refractivity (Wildman–Crippen MR) is 108 cm³/mol. The van der Waals surface area contributed by atoms with E-state index in [0.717, 1.165) is 17.7 Å². The van der Waals surface area contributed by atoms with E-state index in [2.05, 4.69) is 15.6 Å². The van der Waals surface area contributed by atoms with Crippen LogP contribution in [-0.4, -0.2) is 45.6 Å². The van der Waals surface area contributed by atoms with Crippen LogP contribution in [0.4, 0.5) is 0 Å². The molecule has 1 aromatic rings. The fourth-order valence-electron chi connectivity index (χ4n) is 2.50. The Kier molecular flexibility index (Phi) is 8.99. The van der Waals surface area contributed by atoms with Crippen molar-refractivity contribution < 1.29 is 13.2 Å². The second-order valence-corrected chi connectivity index (χ2v) is 7.92. The fourth-order valence-corrected chi connectivity index (χ4v) is 4.17. The van der Waals surface area contributed by atoms with Gasteiger partial charge in [-0.05, 0) is 24.5 Å². The zero-order valence-electron chi connectivity index (χ0n) is 14.1. The molecule has 0 amide bonds. The van der Waals surface area contributed by atoms with Crippen molar-refractivity contribution in [2.45, 2.75) is 32.5 Å². The van der Waals surface area contributed by atoms with Crippen LogP contribution in [0.15, 0.2) is 29.3 Å². The number of sulfone groups is 1. The molecule has 2 rings (SSSR count). The lowest BCUT2D eigenvalue weighted by Crippen LogP contribution is -2.44. The summed E-state index contributed by atoms with van der Waals surface area (Å²) in [5.74, 6) is 1.10. The number of halogens is 1. The number of nitrogens with one attached hydrogen (secondary N) is 2. The SMILES string of the molecule is CCNC(=NCc1ccc(COC)cc1)NC1CCS(=O)(=O)C1.I. The first-order valence-electron chi connectivity index (χ1n) is 7.84. The van der Waals surface area contributed by atoms with Gasteiger partial charge in [-0.1, -0.05) is 24.3 Å². The van der Waals surface area contributed by atoms with Crippen molar-refractivity contribution in [1.29, 1.82) is 0 Å². The largest absolute Gasteiger partial charge is 0.380 e. The van der Waals surface area contributed by atoms with Gasteiger partial charge >= 0.3 is 0 Å². The second kappa shape index (κ2) is 10.2. The van der Waals surface area contributed by atoms with Crippen molar-refractivity contribution in [3.05, 3.63) is 35.4 Å². The third kappa shape index (κ3) is 6.94. The molecule has 24 heavy (non-hydrogen) atoms. The van der Waals surface area contributed by atoms with Gasteiger partial charge in [0.25, 0.3) is 0 Å². The maximum atomic E-state index is 11.5. The van der Waals surface area contributed by atoms with Gasteiger partial charge in [0.15, 0.2) is 15.8 Å². The lowest BCUT2D eigenvalue weighted by Gasteiger charge is -2.15. The summed E-state index contributed by atoms with van der Waals surface area (Å²) in [6.45, 7) is 3.87. The number of methoxy groups -OCH3 is 1. The van der Waals surface area contributed by atoms with Crippen LogP contribution in [0.25, 0.3) is 0 Å². The smallest absolute Gasteiger partial charge is 0.191 e. The number of nitrogens with zero attached hydrogens (tertiary/aromatic N) is 1. The summed E-state index contributed by atoms with van der Waals surface area (Å²) in [7, 11) is -1.21. The van der Waals surface area contributed by atoms with Gasteiger partial charge in [-0.3, -0.25) is 0 Å². The monoisotopic (exact) mass is 467 g/mol. The van der Waals surface area contributed by atoms with Crippen molar-refractivity contribution in [2.75, 3.05) is 25.2 Å². The molecule has 6 nitrogen and oxygen atoms in total. The van der Waals surface area contributed by atoms with E-state index in [1.165, 1.54) is 0 Å². The van der Waals surface area contributed by atoms with Crippen LogP contribution in [0.2, 0.25) is 0 Å². The molecule has 0 radical (unpaired) electrons. The number of hydrogen-bond donors (Lipinski definition) is 2. The Morgan fingerprint density at radius 3 is 2.50 bits per heavy atom. The van der Waals surface area contributed by atoms with Crippen LogP contribution >= 0.6 is 24.0 Å². The molecule has 1 saturated heterocycles. The first kappa shape index (κ1) is 21.2. The Bertz CT molecular complexity index is 632. The number of rotatable bonds is 6. The molecule has 0 spiro atoms. The molecule has 2 N–H and O–H groups in total. The molecule has 1 unspecified atom stereocenters. The topological polar surface area (TPSA) is 79.8 Å². The average molecular weight is 467 g/mol. The van der Waals surface area contributed by atoms with Crippen molar-refractivity contribution in [3.8, 4) is 0 Å². The molecule has 1 aromatic carbocycles. The summed E-state index contributed by atoms with van der Waals surface area (Å²) >= 11 is 0. The Labute approximate surface area is 161 Å². The minimum absolute atomic E-state index is 0. The van der Waals surface area contributed by atoms with Crippen LogP contribution in [-0.2, 0) is 27.7 Å². The summed E-state index contributed by atoms with van der Waals surface area (Å²) in [6.07, 6.45) is 0.637. The number of aliphatic imine (C=N–C) groups is 1. The van der Waals surface area contributed by atoms with E-state index >= 15 is 0 Å². The molecule has 0 aliphatic carbocycles. The standard InChI is InChI=1S/C16H25N3O3S.HI/c1-3-17-16(19-15-8-9-23(20,21)12-15)18-10-13-4-6-14(7-5-13)11-22-2;/h4-7,15H,3,8-12H2,1-2H3,(H2,17,18,19);1H. The van der Waals surface area contributed by atoms with Gasteiger partial charge in [0.1, 0.15) is 0 Å². The highest BCUT2D eigenvalue weighted by molar-refractivity contribution is 14.0. The van der Waals surface area contributed by atoms with E-state index in [4.69, 9.17) is 4.74 Å². The molecule has 8 heteroatoms. The molecule has 1 aliphatic heterocycles. The van der Waals surface area contributed by atoms with Gasteiger partial charge in [0.05, 0.1) is 24.7 Å². The van der Waals surface area contributed by atoms with Gasteiger partial charge in [-0.2, -0.15) is 0 Å². The van der Waals surface area contributed by atoms with Crippen LogP contribution in [0, 0.1) is 0 Å². The summed E-state index contributed by atoms with van der Waals surface area (Å²) in [4.78, 5) is 4.54. The molecular weight excluding hydrogens is 441 g/mol. The quantitative estimate of drug-likeness (QED) is 0.378. The molecule has 1 atom stereocenters. The van der Waals surface area contributed by atoms with E-state index in [9.17, 15) is 8.42 Å². The highest BCUT2D eigenvalue weighted by Crippen LogP contribution is 2.11. The molecular formula is C16H26IN3O3S. The Balaban J connectivity index is 0.00000288. The number of ether oxygens (including phenoxy) is 1. The number of hydrogen-bond acceptors (Lipinski definition) is 4. The highest BCUT2D eigenvalue weighted by Gasteiger charge is 2.28. The average Bonchev–Trinajstić information content (AvgIpc) is 2.86. The minimum Gasteiger partial charge on any atom is -0.380 e. The molecule has 1 heterocycles. The predicted octanol–water partition coefficient (Wildman–Crippen LogP) is 1.69. The van der Waals surface area contributed by atoms with Crippen molar-refractivity contribution in [3.63, 3.8) is 0 Å². The first-order valence-corrected chi connectivity index (χ1v) is 9.66. The molecule has 0 saturated carbocycles. The Morgan fingerprint density at radius 1 is 1.29 bits per heavy atom. The van der Waals surface area contributed by atoms with Crippen LogP contribution < -0.4 is 10.6 Å².